The zero-order valence-electron chi connectivity index (χ0n) is 23.0. The van der Waals surface area contributed by atoms with Gasteiger partial charge in [0.25, 0.3) is 0 Å². The number of hydrogen-bond acceptors (Lipinski definition) is 5. The summed E-state index contributed by atoms with van der Waals surface area (Å²) in [4.78, 5) is 30.7. The lowest BCUT2D eigenvalue weighted by molar-refractivity contribution is -0.142. The molecule has 0 saturated heterocycles. The molecule has 0 amide bonds. The molecule has 0 radical (unpaired) electrons. The molecule has 1 fully saturated rings. The Bertz CT molecular complexity index is 1830. The summed E-state index contributed by atoms with van der Waals surface area (Å²) in [6, 6.07) is 10.3. The van der Waals surface area contributed by atoms with Gasteiger partial charge in [0.15, 0.2) is 17.3 Å². The van der Waals surface area contributed by atoms with Gasteiger partial charge in [0.2, 0.25) is 0 Å². The van der Waals surface area contributed by atoms with Crippen LogP contribution in [0, 0.1) is 23.4 Å². The minimum Gasteiger partial charge on any atom is -0.399 e. The maximum atomic E-state index is 14.4. The summed E-state index contributed by atoms with van der Waals surface area (Å²) in [7, 11) is 0. The third-order valence-corrected chi connectivity index (χ3v) is 8.04. The summed E-state index contributed by atoms with van der Waals surface area (Å²) in [6.07, 6.45) is -3.42. The van der Waals surface area contributed by atoms with Gasteiger partial charge in [0.05, 0.1) is 5.69 Å². The van der Waals surface area contributed by atoms with E-state index in [1.165, 1.54) is 24.4 Å². The summed E-state index contributed by atoms with van der Waals surface area (Å²) in [5.74, 6) is -5.22. The van der Waals surface area contributed by atoms with Crippen molar-refractivity contribution in [3.8, 4) is 11.1 Å². The van der Waals surface area contributed by atoms with Crippen LogP contribution < -0.4 is 5.73 Å². The lowest BCUT2D eigenvalue weighted by atomic mass is 9.86. The number of halogens is 6. The zero-order valence-corrected chi connectivity index (χ0v) is 23.0. The van der Waals surface area contributed by atoms with Gasteiger partial charge in [-0.2, -0.15) is 18.3 Å². The van der Waals surface area contributed by atoms with E-state index in [4.69, 9.17) is 5.73 Å². The van der Waals surface area contributed by atoms with Crippen LogP contribution in [0.3, 0.4) is 0 Å². The monoisotopic (exact) mass is 610 g/mol. The number of rotatable bonds is 9. The molecule has 6 rings (SSSR count). The van der Waals surface area contributed by atoms with Crippen LogP contribution in [0.25, 0.3) is 16.8 Å². The average molecular weight is 611 g/mol. The van der Waals surface area contributed by atoms with Gasteiger partial charge < -0.3 is 5.73 Å². The molecule has 226 valence electrons. The van der Waals surface area contributed by atoms with E-state index >= 15 is 0 Å². The lowest BCUT2D eigenvalue weighted by Gasteiger charge is -2.20. The van der Waals surface area contributed by atoms with Crippen LogP contribution in [0.15, 0.2) is 61.3 Å². The maximum Gasteiger partial charge on any atom is 0.435 e. The molecule has 2 aliphatic carbocycles. The SMILES string of the molecule is C=C(N)c1cc(-c2cccnc2[C@@H](CC(=O)Cn2nc(C(F)(F)F)c3c2C(=O)C2CC32)Cc2cc(F)cc(F)c2)ccc1F. The number of alkyl halides is 3. The number of carbonyl (C=O) groups excluding carboxylic acids is 2. The Morgan fingerprint density at radius 2 is 1.80 bits per heavy atom. The normalized spacial score (nSPS) is 17.7. The Labute approximate surface area is 247 Å². The summed E-state index contributed by atoms with van der Waals surface area (Å²) in [5, 5.41) is 3.64. The molecule has 2 heterocycles. The quantitative estimate of drug-likeness (QED) is 0.216. The third-order valence-electron chi connectivity index (χ3n) is 8.04. The van der Waals surface area contributed by atoms with Gasteiger partial charge >= 0.3 is 6.18 Å². The number of pyridine rings is 1. The Hall–Kier alpha value is -4.74. The van der Waals surface area contributed by atoms with E-state index in [0.717, 1.165) is 16.8 Å². The molecule has 3 atom stereocenters. The van der Waals surface area contributed by atoms with Gasteiger partial charge in [-0.15, -0.1) is 0 Å². The van der Waals surface area contributed by atoms with Crippen LogP contribution in [-0.2, 0) is 23.9 Å². The Balaban J connectivity index is 1.37. The molecular weight excluding hydrogens is 586 g/mol. The predicted molar refractivity (Wildman–Crippen MR) is 148 cm³/mol. The molecular formula is C32H24F6N4O2. The van der Waals surface area contributed by atoms with Crippen molar-refractivity contribution in [2.75, 3.05) is 0 Å². The van der Waals surface area contributed by atoms with Crippen LogP contribution in [0.5, 0.6) is 0 Å². The summed E-state index contributed by atoms with van der Waals surface area (Å²) in [5.41, 5.74) is 5.74. The molecule has 2 aromatic heterocycles. The first-order valence-electron chi connectivity index (χ1n) is 13.7. The Morgan fingerprint density at radius 1 is 1.07 bits per heavy atom. The van der Waals surface area contributed by atoms with Crippen LogP contribution in [0.1, 0.15) is 63.2 Å². The molecule has 2 unspecified atom stereocenters. The first kappa shape index (κ1) is 29.3. The number of carbonyl (C=O) groups is 2. The molecule has 0 aliphatic heterocycles. The van der Waals surface area contributed by atoms with Crippen molar-refractivity contribution in [3.63, 3.8) is 0 Å². The number of hydrogen-bond donors (Lipinski definition) is 1. The van der Waals surface area contributed by atoms with Crippen molar-refractivity contribution in [3.05, 3.63) is 113 Å². The second kappa shape index (κ2) is 10.8. The first-order valence-corrected chi connectivity index (χ1v) is 13.7. The second-order valence-electron chi connectivity index (χ2n) is 11.2. The molecule has 2 aliphatic rings. The molecule has 0 spiro atoms. The van der Waals surface area contributed by atoms with E-state index in [1.54, 1.807) is 12.1 Å². The summed E-state index contributed by atoms with van der Waals surface area (Å²) < 4.78 is 84.8. The van der Waals surface area contributed by atoms with Crippen LogP contribution >= 0.6 is 0 Å². The number of ketones is 2. The van der Waals surface area contributed by atoms with E-state index in [0.29, 0.717) is 29.3 Å². The van der Waals surface area contributed by atoms with Crippen molar-refractivity contribution >= 4 is 17.3 Å². The molecule has 1 saturated carbocycles. The predicted octanol–water partition coefficient (Wildman–Crippen LogP) is 6.60. The van der Waals surface area contributed by atoms with Gasteiger partial charge in [-0.1, -0.05) is 18.7 Å². The van der Waals surface area contributed by atoms with Crippen molar-refractivity contribution in [2.45, 2.75) is 43.8 Å². The standard InChI is InChI=1S/C32H24F6N4O2/c1-15(39)23-11-17(4-5-26(23)35)22-3-2-6-40-28(22)18(7-16-8-19(33)12-20(34)9-16)10-21(43)14-42-29-27(24-13-25(24)30(29)44)31(41-42)32(36,37)38/h2-6,8-9,11-12,18,24-25H,1,7,10,13-14,39H2/t18-,24?,25?/m1/s1. The number of Topliss-reactive ketones (excluding diaryl/α,β-unsaturated/α-hetero) is 2. The number of fused-ring (bicyclic) bond motifs is 3. The highest BCUT2D eigenvalue weighted by atomic mass is 19.4. The van der Waals surface area contributed by atoms with Gasteiger partial charge in [-0.25, -0.2) is 13.2 Å². The highest BCUT2D eigenvalue weighted by molar-refractivity contribution is 6.05. The molecule has 12 heteroatoms. The Morgan fingerprint density at radius 3 is 2.48 bits per heavy atom. The van der Waals surface area contributed by atoms with E-state index in [2.05, 4.69) is 16.7 Å². The maximum absolute atomic E-state index is 14.4. The second-order valence-corrected chi connectivity index (χ2v) is 11.2. The number of benzene rings is 2. The smallest absolute Gasteiger partial charge is 0.399 e. The highest BCUT2D eigenvalue weighted by Gasteiger charge is 2.58. The molecule has 2 aromatic carbocycles. The van der Waals surface area contributed by atoms with Crippen molar-refractivity contribution in [1.29, 1.82) is 0 Å². The van der Waals surface area contributed by atoms with Gasteiger partial charge in [0.1, 0.15) is 29.7 Å². The topological polar surface area (TPSA) is 90.9 Å². The molecule has 4 aromatic rings. The van der Waals surface area contributed by atoms with Gasteiger partial charge in [-0.3, -0.25) is 19.3 Å². The van der Waals surface area contributed by atoms with E-state index in [9.17, 15) is 35.9 Å². The van der Waals surface area contributed by atoms with Crippen molar-refractivity contribution in [1.82, 2.24) is 14.8 Å². The third kappa shape index (κ3) is 5.40. The molecule has 2 N–H and O–H groups in total. The fraction of sp³-hybridized carbons (Fsp3) is 0.250. The van der Waals surface area contributed by atoms with Crippen molar-refractivity contribution < 1.29 is 35.9 Å². The number of aromatic nitrogens is 3. The zero-order chi connectivity index (χ0) is 31.5. The summed E-state index contributed by atoms with van der Waals surface area (Å²) in [6.45, 7) is 2.97. The fourth-order valence-electron chi connectivity index (χ4n) is 6.10. The molecule has 6 nitrogen and oxygen atoms in total. The van der Waals surface area contributed by atoms with Crippen LogP contribution in [0.4, 0.5) is 26.3 Å². The van der Waals surface area contributed by atoms with E-state index < -0.39 is 65.2 Å². The Kier molecular flexibility index (Phi) is 7.17. The minimum atomic E-state index is -4.80. The first-order chi connectivity index (χ1) is 20.8. The van der Waals surface area contributed by atoms with Gasteiger partial charge in [0, 0.05) is 52.9 Å². The fourth-order valence-corrected chi connectivity index (χ4v) is 6.10. The van der Waals surface area contributed by atoms with E-state index in [1.807, 2.05) is 0 Å². The number of nitrogens with zero attached hydrogens (tertiary/aromatic N) is 3. The molecule has 44 heavy (non-hydrogen) atoms. The van der Waals surface area contributed by atoms with Gasteiger partial charge in [-0.05, 0) is 60.2 Å². The molecule has 0 bridgehead atoms. The van der Waals surface area contributed by atoms with E-state index in [-0.39, 0.29) is 40.9 Å². The average Bonchev–Trinajstić information content (AvgIpc) is 3.56. The van der Waals surface area contributed by atoms with Crippen LogP contribution in [0.2, 0.25) is 0 Å². The lowest BCUT2D eigenvalue weighted by Crippen LogP contribution is -2.20. The number of nitrogens with two attached hydrogens (primary N) is 1. The highest BCUT2D eigenvalue weighted by Crippen LogP contribution is 2.58. The van der Waals surface area contributed by atoms with Crippen molar-refractivity contribution in [2.24, 2.45) is 11.7 Å². The summed E-state index contributed by atoms with van der Waals surface area (Å²) >= 11 is 0. The van der Waals surface area contributed by atoms with Crippen LogP contribution in [-0.4, -0.2) is 26.3 Å². The minimum absolute atomic E-state index is 0.0195. The largest absolute Gasteiger partial charge is 0.435 e.